The fraction of sp³-hybridized carbons (Fsp3) is 0.182. The van der Waals surface area contributed by atoms with Crippen LogP contribution in [0, 0.1) is 0 Å². The number of hydrogen-bond acceptors (Lipinski definition) is 7. The first kappa shape index (κ1) is 11.9. The molecule has 7 nitrogen and oxygen atoms in total. The number of nitrogens with two attached hydrogens (primary N) is 1. The zero-order valence-corrected chi connectivity index (χ0v) is 9.71. The Kier molecular flexibility index (Phi) is 3.42. The van der Waals surface area contributed by atoms with Crippen LogP contribution >= 0.6 is 0 Å². The van der Waals surface area contributed by atoms with Crippen molar-refractivity contribution >= 4 is 17.5 Å². The third-order valence-corrected chi connectivity index (χ3v) is 2.28. The molecule has 2 heterocycles. The standard InChI is InChI=1S/C11H12N4O3/c1-17-11(16)8-4-10(14-6-9(8)12)13-5-7-2-3-15-18-7/h2-4,6H,5,12H2,1H3,(H,13,14). The third-order valence-electron chi connectivity index (χ3n) is 2.28. The molecule has 0 bridgehead atoms. The van der Waals surface area contributed by atoms with Crippen molar-refractivity contribution < 1.29 is 14.1 Å². The monoisotopic (exact) mass is 248 g/mol. The van der Waals surface area contributed by atoms with Gasteiger partial charge in [0.2, 0.25) is 0 Å². The van der Waals surface area contributed by atoms with Gasteiger partial charge in [0.15, 0.2) is 5.76 Å². The summed E-state index contributed by atoms with van der Waals surface area (Å²) >= 11 is 0. The van der Waals surface area contributed by atoms with E-state index in [0.29, 0.717) is 18.1 Å². The first-order chi connectivity index (χ1) is 8.70. The zero-order valence-electron chi connectivity index (χ0n) is 9.71. The highest BCUT2D eigenvalue weighted by Crippen LogP contribution is 2.16. The smallest absolute Gasteiger partial charge is 0.340 e. The van der Waals surface area contributed by atoms with Crippen LogP contribution < -0.4 is 11.1 Å². The van der Waals surface area contributed by atoms with E-state index in [4.69, 9.17) is 10.3 Å². The van der Waals surface area contributed by atoms with Crippen LogP contribution in [0.5, 0.6) is 0 Å². The molecule has 94 valence electrons. The minimum Gasteiger partial charge on any atom is -0.465 e. The van der Waals surface area contributed by atoms with Crippen molar-refractivity contribution in [1.29, 1.82) is 0 Å². The van der Waals surface area contributed by atoms with E-state index in [0.717, 1.165) is 0 Å². The summed E-state index contributed by atoms with van der Waals surface area (Å²) in [6.45, 7) is 0.414. The lowest BCUT2D eigenvalue weighted by molar-refractivity contribution is 0.0602. The highest BCUT2D eigenvalue weighted by atomic mass is 16.5. The largest absolute Gasteiger partial charge is 0.465 e. The molecular weight excluding hydrogens is 236 g/mol. The molecule has 0 amide bonds. The summed E-state index contributed by atoms with van der Waals surface area (Å²) in [6.07, 6.45) is 2.95. The predicted octanol–water partition coefficient (Wildman–Crippen LogP) is 1.05. The lowest BCUT2D eigenvalue weighted by Gasteiger charge is -2.07. The minimum absolute atomic E-state index is 0.270. The Morgan fingerprint density at radius 2 is 2.44 bits per heavy atom. The van der Waals surface area contributed by atoms with Crippen molar-refractivity contribution in [3.63, 3.8) is 0 Å². The van der Waals surface area contributed by atoms with Crippen LogP contribution in [0.2, 0.25) is 0 Å². The van der Waals surface area contributed by atoms with Gasteiger partial charge >= 0.3 is 5.97 Å². The number of anilines is 2. The average Bonchev–Trinajstić information content (AvgIpc) is 2.90. The van der Waals surface area contributed by atoms with Crippen molar-refractivity contribution in [2.24, 2.45) is 0 Å². The Hall–Kier alpha value is -2.57. The van der Waals surface area contributed by atoms with Gasteiger partial charge in [-0.05, 0) is 6.07 Å². The highest BCUT2D eigenvalue weighted by molar-refractivity contribution is 5.95. The molecule has 0 aliphatic heterocycles. The van der Waals surface area contributed by atoms with E-state index in [9.17, 15) is 4.79 Å². The second-order valence-corrected chi connectivity index (χ2v) is 3.48. The first-order valence-corrected chi connectivity index (χ1v) is 5.18. The SMILES string of the molecule is COC(=O)c1cc(NCc2ccno2)ncc1N. The summed E-state index contributed by atoms with van der Waals surface area (Å²) in [5, 5.41) is 6.56. The summed E-state index contributed by atoms with van der Waals surface area (Å²) in [5.41, 5.74) is 6.18. The van der Waals surface area contributed by atoms with Gasteiger partial charge in [-0.25, -0.2) is 9.78 Å². The molecule has 0 aliphatic carbocycles. The van der Waals surface area contributed by atoms with Crippen molar-refractivity contribution in [3.05, 3.63) is 35.9 Å². The number of rotatable bonds is 4. The molecule has 0 fully saturated rings. The van der Waals surface area contributed by atoms with Crippen LogP contribution in [0.15, 0.2) is 29.0 Å². The molecule has 2 rings (SSSR count). The number of pyridine rings is 1. The zero-order chi connectivity index (χ0) is 13.0. The Bertz CT molecular complexity index is 539. The number of nitrogen functional groups attached to an aromatic ring is 1. The van der Waals surface area contributed by atoms with Crippen LogP contribution in [-0.2, 0) is 11.3 Å². The number of aromatic nitrogens is 2. The number of nitrogens with one attached hydrogen (secondary N) is 1. The first-order valence-electron chi connectivity index (χ1n) is 5.18. The molecule has 0 saturated heterocycles. The number of carbonyl (C=O) groups excluding carboxylic acids is 1. The van der Waals surface area contributed by atoms with Gasteiger partial charge < -0.3 is 20.3 Å². The van der Waals surface area contributed by atoms with Gasteiger partial charge in [0.25, 0.3) is 0 Å². The van der Waals surface area contributed by atoms with Crippen LogP contribution in [0.25, 0.3) is 0 Å². The topological polar surface area (TPSA) is 103 Å². The molecule has 2 aromatic rings. The number of nitrogens with zero attached hydrogens (tertiary/aromatic N) is 2. The second kappa shape index (κ2) is 5.17. The Morgan fingerprint density at radius 1 is 1.61 bits per heavy atom. The molecule has 0 atom stereocenters. The van der Waals surface area contributed by atoms with Gasteiger partial charge in [-0.3, -0.25) is 0 Å². The Balaban J connectivity index is 2.12. The molecule has 3 N–H and O–H groups in total. The van der Waals surface area contributed by atoms with Crippen LogP contribution in [0.1, 0.15) is 16.1 Å². The molecule has 0 unspecified atom stereocenters. The Labute approximate surface area is 103 Å². The number of hydrogen-bond donors (Lipinski definition) is 2. The van der Waals surface area contributed by atoms with Gasteiger partial charge in [-0.2, -0.15) is 0 Å². The number of carbonyl (C=O) groups is 1. The van der Waals surface area contributed by atoms with E-state index in [1.54, 1.807) is 12.3 Å². The molecule has 0 spiro atoms. The molecule has 7 heteroatoms. The fourth-order valence-corrected chi connectivity index (χ4v) is 1.36. The van der Waals surface area contributed by atoms with Gasteiger partial charge in [0.1, 0.15) is 5.82 Å². The summed E-state index contributed by atoms with van der Waals surface area (Å²) in [5.74, 6) is 0.659. The van der Waals surface area contributed by atoms with E-state index in [1.807, 2.05) is 0 Å². The molecule has 0 radical (unpaired) electrons. The van der Waals surface area contributed by atoms with Gasteiger partial charge in [-0.1, -0.05) is 5.16 Å². The molecule has 0 aromatic carbocycles. The molecule has 18 heavy (non-hydrogen) atoms. The Morgan fingerprint density at radius 3 is 3.11 bits per heavy atom. The lowest BCUT2D eigenvalue weighted by Crippen LogP contribution is -2.08. The van der Waals surface area contributed by atoms with Crippen molar-refractivity contribution in [1.82, 2.24) is 10.1 Å². The van der Waals surface area contributed by atoms with Crippen molar-refractivity contribution in [3.8, 4) is 0 Å². The van der Waals surface area contributed by atoms with Crippen LogP contribution in [0.3, 0.4) is 0 Å². The normalized spacial score (nSPS) is 10.1. The summed E-state index contributed by atoms with van der Waals surface area (Å²) in [7, 11) is 1.30. The third kappa shape index (κ3) is 2.57. The second-order valence-electron chi connectivity index (χ2n) is 3.48. The van der Waals surface area contributed by atoms with Crippen LogP contribution in [0.4, 0.5) is 11.5 Å². The molecule has 0 aliphatic rings. The highest BCUT2D eigenvalue weighted by Gasteiger charge is 2.11. The van der Waals surface area contributed by atoms with Crippen molar-refractivity contribution in [2.75, 3.05) is 18.2 Å². The summed E-state index contributed by atoms with van der Waals surface area (Å²) in [4.78, 5) is 15.5. The van der Waals surface area contributed by atoms with Gasteiger partial charge in [0, 0.05) is 6.07 Å². The van der Waals surface area contributed by atoms with E-state index in [-0.39, 0.29) is 11.3 Å². The maximum atomic E-state index is 11.4. The number of ether oxygens (including phenoxy) is 1. The maximum absolute atomic E-state index is 11.4. The lowest BCUT2D eigenvalue weighted by atomic mass is 10.2. The average molecular weight is 248 g/mol. The molecule has 0 saturated carbocycles. The molecule has 2 aromatic heterocycles. The van der Waals surface area contributed by atoms with E-state index >= 15 is 0 Å². The number of methoxy groups -OCH3 is 1. The van der Waals surface area contributed by atoms with Crippen molar-refractivity contribution in [2.45, 2.75) is 6.54 Å². The van der Waals surface area contributed by atoms with E-state index in [2.05, 4.69) is 20.2 Å². The van der Waals surface area contributed by atoms with Gasteiger partial charge in [0.05, 0.1) is 37.3 Å². The molecular formula is C11H12N4O3. The number of esters is 1. The summed E-state index contributed by atoms with van der Waals surface area (Å²) in [6, 6.07) is 3.25. The van der Waals surface area contributed by atoms with E-state index in [1.165, 1.54) is 19.4 Å². The fourth-order valence-electron chi connectivity index (χ4n) is 1.36. The van der Waals surface area contributed by atoms with Crippen LogP contribution in [-0.4, -0.2) is 23.2 Å². The predicted molar refractivity (Wildman–Crippen MR) is 63.8 cm³/mol. The van der Waals surface area contributed by atoms with E-state index < -0.39 is 5.97 Å². The van der Waals surface area contributed by atoms with Gasteiger partial charge in [-0.15, -0.1) is 0 Å². The maximum Gasteiger partial charge on any atom is 0.340 e. The summed E-state index contributed by atoms with van der Waals surface area (Å²) < 4.78 is 9.54. The quantitative estimate of drug-likeness (QED) is 0.779. The minimum atomic E-state index is -0.502.